The van der Waals surface area contributed by atoms with Gasteiger partial charge in [0.05, 0.1) is 36.3 Å². The Kier molecular flexibility index (Phi) is 9.41. The molecule has 0 radical (unpaired) electrons. The summed E-state index contributed by atoms with van der Waals surface area (Å²) in [5.74, 6) is 5.23. The van der Waals surface area contributed by atoms with Gasteiger partial charge in [0.1, 0.15) is 17.5 Å². The van der Waals surface area contributed by atoms with Crippen molar-refractivity contribution in [1.82, 2.24) is 29.6 Å². The molecule has 8 rings (SSSR count). The summed E-state index contributed by atoms with van der Waals surface area (Å²) in [6.45, 7) is 3.66. The summed E-state index contributed by atoms with van der Waals surface area (Å²) in [5.41, 5.74) is 3.46. The van der Waals surface area contributed by atoms with Crippen molar-refractivity contribution in [2.24, 2.45) is 12.5 Å². The molecule has 3 fully saturated rings. The van der Waals surface area contributed by atoms with Crippen LogP contribution in [0.4, 0.5) is 0 Å². The maximum Gasteiger partial charge on any atom is 0.262 e. The molecule has 1 N–H and O–H groups in total. The third-order valence-corrected chi connectivity index (χ3v) is 11.3. The third kappa shape index (κ3) is 6.47. The molecule has 6 heterocycles. The lowest BCUT2D eigenvalue weighted by atomic mass is 9.79. The number of nitrogens with one attached hydrogen (secondary N) is 1. The van der Waals surface area contributed by atoms with E-state index in [1.165, 1.54) is 12.1 Å². The van der Waals surface area contributed by atoms with Gasteiger partial charge in [0, 0.05) is 94.2 Å². The number of fused-ring (bicyclic) bond motifs is 2. The number of methoxy groups -OCH3 is 2. The van der Waals surface area contributed by atoms with Crippen LogP contribution in [0.5, 0.6) is 11.5 Å². The second-order valence-corrected chi connectivity index (χ2v) is 15.0. The Hall–Kier alpha value is -6.33. The second kappa shape index (κ2) is 14.4. The number of piperidine rings is 1. The topological polar surface area (TPSA) is 160 Å². The fraction of sp³-hybridized carbons (Fsp3) is 0.357. The molecule has 2 aromatic carbocycles. The summed E-state index contributed by atoms with van der Waals surface area (Å²) in [6.07, 6.45) is 6.74. The van der Waals surface area contributed by atoms with E-state index in [4.69, 9.17) is 9.47 Å². The minimum atomic E-state index is -1.03. The maximum absolute atomic E-state index is 13.2. The van der Waals surface area contributed by atoms with Crippen LogP contribution >= 0.6 is 0 Å². The van der Waals surface area contributed by atoms with Crippen LogP contribution in [0.1, 0.15) is 63.9 Å². The van der Waals surface area contributed by atoms with Crippen molar-refractivity contribution in [3.63, 3.8) is 0 Å². The highest BCUT2D eigenvalue weighted by atomic mass is 16.5. The minimum absolute atomic E-state index is 0.0274. The smallest absolute Gasteiger partial charge is 0.262 e. The van der Waals surface area contributed by atoms with Gasteiger partial charge in [-0.25, -0.2) is 0 Å². The number of likely N-dealkylation sites (tertiary alicyclic amines) is 2. The van der Waals surface area contributed by atoms with Gasteiger partial charge in [-0.3, -0.25) is 48.9 Å². The number of ether oxygens (including phenoxy) is 2. The van der Waals surface area contributed by atoms with Crippen molar-refractivity contribution < 1.29 is 33.4 Å². The zero-order valence-electron chi connectivity index (χ0n) is 31.3. The molecule has 14 nitrogen and oxygen atoms in total. The van der Waals surface area contributed by atoms with E-state index >= 15 is 0 Å². The van der Waals surface area contributed by atoms with E-state index in [1.807, 2.05) is 29.3 Å². The van der Waals surface area contributed by atoms with Crippen LogP contribution in [-0.4, -0.2) is 100 Å². The first-order valence-corrected chi connectivity index (χ1v) is 18.5. The number of hydrogen-bond acceptors (Lipinski definition) is 10. The molecule has 0 bridgehead atoms. The quantitative estimate of drug-likeness (QED) is 0.209. The van der Waals surface area contributed by atoms with Crippen molar-refractivity contribution in [3.05, 3.63) is 87.6 Å². The van der Waals surface area contributed by atoms with E-state index in [-0.39, 0.29) is 47.3 Å². The van der Waals surface area contributed by atoms with E-state index < -0.39 is 29.7 Å². The summed E-state index contributed by atoms with van der Waals surface area (Å²) in [6, 6.07) is 9.48. The summed E-state index contributed by atoms with van der Waals surface area (Å²) in [7, 11) is 5.00. The Bertz CT molecular complexity index is 2450. The van der Waals surface area contributed by atoms with Crippen molar-refractivity contribution in [1.29, 1.82) is 0 Å². The molecule has 1 unspecified atom stereocenters. The Morgan fingerprint density at radius 1 is 0.946 bits per heavy atom. The summed E-state index contributed by atoms with van der Waals surface area (Å²) in [4.78, 5) is 85.3. The highest BCUT2D eigenvalue weighted by Gasteiger charge is 2.49. The molecule has 286 valence electrons. The molecular weight excluding hydrogens is 716 g/mol. The molecule has 1 atom stereocenters. The van der Waals surface area contributed by atoms with Gasteiger partial charge in [-0.2, -0.15) is 0 Å². The maximum atomic E-state index is 13.2. The largest absolute Gasteiger partial charge is 0.496 e. The van der Waals surface area contributed by atoms with Crippen LogP contribution < -0.4 is 20.3 Å². The van der Waals surface area contributed by atoms with Gasteiger partial charge in [-0.1, -0.05) is 11.8 Å². The monoisotopic (exact) mass is 756 g/mol. The number of carbonyl (C=O) groups is 5. The Morgan fingerprint density at radius 2 is 1.70 bits per heavy atom. The average molecular weight is 757 g/mol. The Labute approximate surface area is 322 Å². The molecule has 14 heteroatoms. The van der Waals surface area contributed by atoms with E-state index in [9.17, 15) is 28.8 Å². The zero-order valence-corrected chi connectivity index (χ0v) is 31.3. The molecule has 56 heavy (non-hydrogen) atoms. The van der Waals surface area contributed by atoms with Gasteiger partial charge >= 0.3 is 0 Å². The van der Waals surface area contributed by atoms with E-state index in [0.717, 1.165) is 46.5 Å². The normalized spacial score (nSPS) is 18.8. The number of pyridine rings is 2. The van der Waals surface area contributed by atoms with Crippen molar-refractivity contribution in [2.75, 3.05) is 40.4 Å². The first-order chi connectivity index (χ1) is 27.0. The average Bonchev–Trinajstić information content (AvgIpc) is 3.74. The first kappa shape index (κ1) is 36.6. The number of rotatable bonds is 8. The lowest BCUT2D eigenvalue weighted by Gasteiger charge is -2.48. The number of carbonyl (C=O) groups excluding carboxylic acids is 5. The van der Waals surface area contributed by atoms with Gasteiger partial charge in [0.15, 0.2) is 0 Å². The number of hydrogen-bond donors (Lipinski definition) is 1. The second-order valence-electron chi connectivity index (χ2n) is 15.0. The molecule has 0 saturated carbocycles. The van der Waals surface area contributed by atoms with Crippen molar-refractivity contribution in [2.45, 2.75) is 44.7 Å². The molecule has 1 spiro atoms. The van der Waals surface area contributed by atoms with Gasteiger partial charge in [-0.05, 0) is 60.2 Å². The van der Waals surface area contributed by atoms with Crippen LogP contribution in [0.2, 0.25) is 0 Å². The van der Waals surface area contributed by atoms with Crippen LogP contribution in [0.25, 0.3) is 21.9 Å². The number of aromatic nitrogens is 2. The fourth-order valence-corrected chi connectivity index (χ4v) is 8.52. The lowest BCUT2D eigenvalue weighted by Crippen LogP contribution is -2.57. The minimum Gasteiger partial charge on any atom is -0.496 e. The Balaban J connectivity index is 0.865. The van der Waals surface area contributed by atoms with Gasteiger partial charge in [-0.15, -0.1) is 0 Å². The SMILES string of the molecule is COc1cc(-c2cn(C)c(=O)c3cnccc23)cc(OC)c1CN1CC2(CCN(C(=O)CCC#Cc3ccc4c(c3)C(=O)N(C3CCC(=O)NC3=O)C4=O)C2)C1. The molecule has 0 aliphatic carbocycles. The predicted molar refractivity (Wildman–Crippen MR) is 204 cm³/mol. The van der Waals surface area contributed by atoms with E-state index in [1.54, 1.807) is 44.3 Å². The predicted octanol–water partition coefficient (Wildman–Crippen LogP) is 2.89. The van der Waals surface area contributed by atoms with E-state index in [0.29, 0.717) is 48.5 Å². The number of benzene rings is 2. The summed E-state index contributed by atoms with van der Waals surface area (Å²) >= 11 is 0. The zero-order chi connectivity index (χ0) is 39.3. The molecule has 5 amide bonds. The number of nitrogens with zero attached hydrogens (tertiary/aromatic N) is 5. The number of amides is 5. The molecule has 3 saturated heterocycles. The van der Waals surface area contributed by atoms with Crippen LogP contribution in [0, 0.1) is 17.3 Å². The van der Waals surface area contributed by atoms with Crippen LogP contribution in [0.3, 0.4) is 0 Å². The molecule has 4 aromatic rings. The number of aryl methyl sites for hydroxylation is 1. The highest BCUT2D eigenvalue weighted by Crippen LogP contribution is 2.43. The number of imide groups is 2. The van der Waals surface area contributed by atoms with Crippen LogP contribution in [0.15, 0.2) is 59.8 Å². The summed E-state index contributed by atoms with van der Waals surface area (Å²) < 4.78 is 13.3. The van der Waals surface area contributed by atoms with Gasteiger partial charge in [0.25, 0.3) is 17.4 Å². The van der Waals surface area contributed by atoms with Crippen LogP contribution in [-0.2, 0) is 28.0 Å². The Morgan fingerprint density at radius 3 is 2.43 bits per heavy atom. The summed E-state index contributed by atoms with van der Waals surface area (Å²) in [5, 5.41) is 3.53. The lowest BCUT2D eigenvalue weighted by molar-refractivity contribution is -0.136. The molecule has 2 aromatic heterocycles. The fourth-order valence-electron chi connectivity index (χ4n) is 8.52. The van der Waals surface area contributed by atoms with Crippen molar-refractivity contribution >= 4 is 40.3 Å². The third-order valence-electron chi connectivity index (χ3n) is 11.3. The highest BCUT2D eigenvalue weighted by molar-refractivity contribution is 6.23. The van der Waals surface area contributed by atoms with Crippen molar-refractivity contribution in [3.8, 4) is 34.5 Å². The molecule has 4 aliphatic heterocycles. The molecule has 4 aliphatic rings. The first-order valence-electron chi connectivity index (χ1n) is 18.5. The van der Waals surface area contributed by atoms with Gasteiger partial charge < -0.3 is 18.9 Å². The standard InChI is InChI=1S/C42H40N6O8/c1-45-20-31(27-12-14-43-19-30(27)39(45)52)26-17-34(55-2)32(35(18-26)56-3)21-46-22-42(23-46)13-15-47(24-42)37(50)7-5-4-6-25-8-9-28-29(16-25)41(54)48(40(28)53)33-10-11-36(49)44-38(33)51/h8-9,12,14,16-20,33H,5,7,10-11,13,15,21-24H2,1-3H3,(H,44,49,51). The molecular formula is C42H40N6O8. The van der Waals surface area contributed by atoms with E-state index in [2.05, 4.69) is 27.0 Å². The van der Waals surface area contributed by atoms with Gasteiger partial charge in [0.2, 0.25) is 17.7 Å².